The Morgan fingerprint density at radius 1 is 0.944 bits per heavy atom. The Morgan fingerprint density at radius 3 is 2.25 bits per heavy atom. The molecule has 1 unspecified atom stereocenters. The number of anilines is 1. The van der Waals surface area contributed by atoms with Gasteiger partial charge in [0.15, 0.2) is 0 Å². The van der Waals surface area contributed by atoms with Gasteiger partial charge in [-0.25, -0.2) is 0 Å². The molecule has 188 valence electrons. The Morgan fingerprint density at radius 2 is 1.64 bits per heavy atom. The lowest BCUT2D eigenvalue weighted by Gasteiger charge is -2.39. The molecule has 3 aromatic rings. The molecule has 8 heteroatoms. The molecule has 1 atom stereocenters. The molecular weight excluding hydrogens is 467 g/mol. The number of carbonyl (C=O) groups is 1. The molecule has 0 radical (unpaired) electrons. The molecule has 0 bridgehead atoms. The average molecular weight is 496 g/mol. The number of piperazine rings is 1. The number of halogens is 3. The molecule has 0 saturated carbocycles. The van der Waals surface area contributed by atoms with Crippen molar-refractivity contribution in [1.29, 1.82) is 0 Å². The minimum absolute atomic E-state index is 0.0500. The predicted octanol–water partition coefficient (Wildman–Crippen LogP) is 5.22. The number of pyridine rings is 1. The van der Waals surface area contributed by atoms with E-state index in [-0.39, 0.29) is 17.0 Å². The van der Waals surface area contributed by atoms with Gasteiger partial charge in [-0.15, -0.1) is 0 Å². The number of alkyl halides is 3. The first-order chi connectivity index (χ1) is 16.9. The highest BCUT2D eigenvalue weighted by Crippen LogP contribution is 2.58. The van der Waals surface area contributed by atoms with E-state index in [1.807, 2.05) is 31.7 Å². The average Bonchev–Trinajstić information content (AvgIpc) is 3.13. The van der Waals surface area contributed by atoms with Crippen LogP contribution < -0.4 is 4.90 Å². The van der Waals surface area contributed by atoms with Crippen molar-refractivity contribution in [1.82, 2.24) is 9.88 Å². The number of benzene rings is 2. The van der Waals surface area contributed by atoms with Gasteiger partial charge in [0, 0.05) is 66.4 Å². The lowest BCUT2D eigenvalue weighted by molar-refractivity contribution is -0.246. The fourth-order valence-electron chi connectivity index (χ4n) is 5.24. The number of aromatic nitrogens is 1. The number of rotatable bonds is 2. The summed E-state index contributed by atoms with van der Waals surface area (Å²) in [5.41, 5.74) is -1.44. The lowest BCUT2D eigenvalue weighted by Crippen LogP contribution is -2.51. The second kappa shape index (κ2) is 8.34. The third-order valence-electron chi connectivity index (χ3n) is 7.06. The smallest absolute Gasteiger partial charge is 0.372 e. The van der Waals surface area contributed by atoms with E-state index >= 15 is 0 Å². The maximum Gasteiger partial charge on any atom is 0.425 e. The van der Waals surface area contributed by atoms with Gasteiger partial charge in [0.25, 0.3) is 0 Å². The van der Waals surface area contributed by atoms with Gasteiger partial charge in [0.2, 0.25) is 11.5 Å². The first-order valence-electron chi connectivity index (χ1n) is 11.9. The standard InChI is InChI=1S/C28H28F3N3O2/c1-26(2,3)25(35)34-13-11-33(12-14-34)19-15-21(18-7-6-10-32-17-18)24-20-8-4-5-9-22(20)27(36,23(24)16-19)28(29,30)31/h4-10,15-17,36H,11-14H2,1-3H3. The molecule has 2 heterocycles. The third-order valence-corrected chi connectivity index (χ3v) is 7.06. The van der Waals surface area contributed by atoms with Crippen LogP contribution in [0.15, 0.2) is 60.9 Å². The van der Waals surface area contributed by atoms with Crippen LogP contribution in [-0.2, 0) is 10.4 Å². The number of nitrogens with zero attached hydrogens (tertiary/aromatic N) is 3. The second-order valence-corrected chi connectivity index (χ2v) is 10.4. The van der Waals surface area contributed by atoms with Crippen molar-refractivity contribution in [3.63, 3.8) is 0 Å². The zero-order chi connectivity index (χ0) is 25.9. The van der Waals surface area contributed by atoms with Crippen LogP contribution in [-0.4, -0.2) is 53.3 Å². The van der Waals surface area contributed by atoms with E-state index in [9.17, 15) is 23.1 Å². The van der Waals surface area contributed by atoms with E-state index in [2.05, 4.69) is 4.98 Å². The highest BCUT2D eigenvalue weighted by Gasteiger charge is 2.61. The van der Waals surface area contributed by atoms with Gasteiger partial charge >= 0.3 is 6.18 Å². The maximum atomic E-state index is 14.5. The van der Waals surface area contributed by atoms with Crippen molar-refractivity contribution in [2.75, 3.05) is 31.1 Å². The summed E-state index contributed by atoms with van der Waals surface area (Å²) in [5, 5.41) is 11.3. The van der Waals surface area contributed by atoms with Crippen LogP contribution in [0, 0.1) is 5.41 Å². The van der Waals surface area contributed by atoms with Crippen molar-refractivity contribution < 1.29 is 23.1 Å². The van der Waals surface area contributed by atoms with Crippen LogP contribution >= 0.6 is 0 Å². The first kappa shape index (κ1) is 24.3. The number of amides is 1. The monoisotopic (exact) mass is 495 g/mol. The molecule has 1 saturated heterocycles. The molecule has 1 amide bonds. The maximum absolute atomic E-state index is 14.5. The number of aliphatic hydroxyl groups is 1. The van der Waals surface area contributed by atoms with Crippen molar-refractivity contribution in [3.05, 3.63) is 72.1 Å². The molecule has 2 aromatic carbocycles. The summed E-state index contributed by atoms with van der Waals surface area (Å²) in [5.74, 6) is 0.0500. The van der Waals surface area contributed by atoms with Crippen molar-refractivity contribution in [2.45, 2.75) is 32.5 Å². The van der Waals surface area contributed by atoms with Crippen LogP contribution in [0.1, 0.15) is 31.9 Å². The molecule has 5 nitrogen and oxygen atoms in total. The van der Waals surface area contributed by atoms with Crippen molar-refractivity contribution in [2.24, 2.45) is 5.41 Å². The van der Waals surface area contributed by atoms with E-state index in [4.69, 9.17) is 0 Å². The van der Waals surface area contributed by atoms with E-state index in [0.717, 1.165) is 0 Å². The summed E-state index contributed by atoms with van der Waals surface area (Å²) in [7, 11) is 0. The van der Waals surface area contributed by atoms with E-state index in [1.165, 1.54) is 18.2 Å². The molecule has 1 aliphatic carbocycles. The van der Waals surface area contributed by atoms with Gasteiger partial charge in [0.1, 0.15) is 0 Å². The SMILES string of the molecule is CC(C)(C)C(=O)N1CCN(c2cc(-c3cccnc3)c3c(c2)C(O)(C(F)(F)F)c2ccccc2-3)CC1. The Labute approximate surface area is 208 Å². The lowest BCUT2D eigenvalue weighted by atomic mass is 9.88. The molecule has 5 rings (SSSR count). The molecule has 36 heavy (non-hydrogen) atoms. The predicted molar refractivity (Wildman–Crippen MR) is 132 cm³/mol. The molecular formula is C28H28F3N3O2. The summed E-state index contributed by atoms with van der Waals surface area (Å²) in [6.07, 6.45) is -1.69. The Balaban J connectivity index is 1.64. The Hall–Kier alpha value is -3.39. The minimum Gasteiger partial charge on any atom is -0.372 e. The highest BCUT2D eigenvalue weighted by atomic mass is 19.4. The quantitative estimate of drug-likeness (QED) is 0.530. The molecule has 1 aliphatic heterocycles. The Kier molecular flexibility index (Phi) is 5.63. The van der Waals surface area contributed by atoms with Gasteiger partial charge in [0.05, 0.1) is 0 Å². The fourth-order valence-corrected chi connectivity index (χ4v) is 5.24. The van der Waals surface area contributed by atoms with Crippen LogP contribution in [0.2, 0.25) is 0 Å². The molecule has 1 N–H and O–H groups in total. The van der Waals surface area contributed by atoms with Crippen LogP contribution in [0.5, 0.6) is 0 Å². The summed E-state index contributed by atoms with van der Waals surface area (Å²) in [4.78, 5) is 20.7. The zero-order valence-electron chi connectivity index (χ0n) is 20.4. The Bertz CT molecular complexity index is 1310. The van der Waals surface area contributed by atoms with E-state index in [0.29, 0.717) is 54.1 Å². The number of carbonyl (C=O) groups excluding carboxylic acids is 1. The summed E-state index contributed by atoms with van der Waals surface area (Å²) in [6.45, 7) is 7.52. The second-order valence-electron chi connectivity index (χ2n) is 10.4. The van der Waals surface area contributed by atoms with Crippen molar-refractivity contribution >= 4 is 11.6 Å². The highest BCUT2D eigenvalue weighted by molar-refractivity contribution is 5.94. The van der Waals surface area contributed by atoms with Crippen LogP contribution in [0.25, 0.3) is 22.3 Å². The van der Waals surface area contributed by atoms with E-state index < -0.39 is 17.2 Å². The summed E-state index contributed by atoms with van der Waals surface area (Å²) < 4.78 is 43.6. The summed E-state index contributed by atoms with van der Waals surface area (Å²) >= 11 is 0. The number of hydrogen-bond acceptors (Lipinski definition) is 4. The topological polar surface area (TPSA) is 56.7 Å². The zero-order valence-corrected chi connectivity index (χ0v) is 20.4. The molecule has 1 aromatic heterocycles. The largest absolute Gasteiger partial charge is 0.425 e. The fraction of sp³-hybridized carbons (Fsp3) is 0.357. The normalized spacial score (nSPS) is 19.8. The van der Waals surface area contributed by atoms with Crippen LogP contribution in [0.3, 0.4) is 0 Å². The number of hydrogen-bond donors (Lipinski definition) is 1. The van der Waals surface area contributed by atoms with Crippen LogP contribution in [0.4, 0.5) is 18.9 Å². The molecule has 1 fully saturated rings. The van der Waals surface area contributed by atoms with Gasteiger partial charge in [-0.05, 0) is 34.9 Å². The van der Waals surface area contributed by atoms with Gasteiger partial charge < -0.3 is 14.9 Å². The first-order valence-corrected chi connectivity index (χ1v) is 11.9. The van der Waals surface area contributed by atoms with Gasteiger partial charge in [-0.2, -0.15) is 13.2 Å². The van der Waals surface area contributed by atoms with E-state index in [1.54, 1.807) is 41.6 Å². The van der Waals surface area contributed by atoms with Gasteiger partial charge in [-0.3, -0.25) is 9.78 Å². The molecule has 0 spiro atoms. The summed E-state index contributed by atoms with van der Waals surface area (Å²) in [6, 6.07) is 13.0. The van der Waals surface area contributed by atoms with Crippen molar-refractivity contribution in [3.8, 4) is 22.3 Å². The molecule has 2 aliphatic rings. The van der Waals surface area contributed by atoms with Gasteiger partial charge in [-0.1, -0.05) is 51.1 Å². The minimum atomic E-state index is -4.92. The number of fused-ring (bicyclic) bond motifs is 3. The third kappa shape index (κ3) is 3.75.